The minimum atomic E-state index is -0.612. The molecule has 2 fully saturated rings. The lowest BCUT2D eigenvalue weighted by Gasteiger charge is -2.40. The Morgan fingerprint density at radius 2 is 1.98 bits per heavy atom. The van der Waals surface area contributed by atoms with E-state index in [-0.39, 0.29) is 40.2 Å². The topological polar surface area (TPSA) is 119 Å². The number of piperidine rings is 2. The van der Waals surface area contributed by atoms with Crippen molar-refractivity contribution in [3.63, 3.8) is 0 Å². The van der Waals surface area contributed by atoms with E-state index in [1.807, 2.05) is 42.0 Å². The number of pyridine rings is 3. The molecule has 7 rings (SSSR count). The number of amides is 1. The third-order valence-electron chi connectivity index (χ3n) is 9.63. The number of carbonyl (C=O) groups excluding carboxylic acids is 1. The maximum Gasteiger partial charge on any atom is 0.227 e. The monoisotopic (exact) mass is 641 g/mol. The number of hydrogen-bond acceptors (Lipinski definition) is 9. The van der Waals surface area contributed by atoms with Crippen LogP contribution >= 0.6 is 0 Å². The number of nitrogens with zero attached hydrogens (tertiary/aromatic N) is 6. The molecule has 2 atom stereocenters. The zero-order valence-electron chi connectivity index (χ0n) is 26.8. The molecule has 2 N–H and O–H groups in total. The Kier molecular flexibility index (Phi) is 8.44. The van der Waals surface area contributed by atoms with Gasteiger partial charge in [-0.1, -0.05) is 0 Å². The van der Waals surface area contributed by atoms with Gasteiger partial charge in [-0.3, -0.25) is 14.5 Å². The summed E-state index contributed by atoms with van der Waals surface area (Å²) < 4.78 is 29.5. The first kappa shape index (κ1) is 30.9. The molecule has 0 aliphatic carbocycles. The molecule has 2 saturated heterocycles. The first-order valence-corrected chi connectivity index (χ1v) is 16.3. The second-order valence-electron chi connectivity index (χ2n) is 12.8. The number of aromatic nitrogens is 3. The Bertz CT molecular complexity index is 1860. The van der Waals surface area contributed by atoms with Gasteiger partial charge < -0.3 is 29.6 Å². The summed E-state index contributed by atoms with van der Waals surface area (Å²) in [6, 6.07) is 8.99. The lowest BCUT2D eigenvalue weighted by atomic mass is 10.0. The quantitative estimate of drug-likeness (QED) is 0.293. The van der Waals surface area contributed by atoms with Crippen LogP contribution in [0.15, 0.2) is 53.7 Å². The van der Waals surface area contributed by atoms with Gasteiger partial charge in [-0.25, -0.2) is 14.4 Å². The molecule has 12 heteroatoms. The SMILES string of the molecule is COc1cc(CN(Cc2cn3c4c(c(N5CCCCC5=O)c(F)cc4c2=O)OCC3C)C2CCCN(c3ccc(N)nc3)C2)ccn1. The average molecular weight is 642 g/mol. The number of rotatable bonds is 8. The Morgan fingerprint density at radius 3 is 2.77 bits per heavy atom. The highest BCUT2D eigenvalue weighted by molar-refractivity contribution is 6.01. The molecule has 0 spiro atoms. The molecular formula is C35H40FN7O4. The van der Waals surface area contributed by atoms with Gasteiger partial charge in [0.2, 0.25) is 11.8 Å². The van der Waals surface area contributed by atoms with Crippen LogP contribution in [-0.4, -0.2) is 64.7 Å². The van der Waals surface area contributed by atoms with Crippen molar-refractivity contribution in [3.05, 3.63) is 76.1 Å². The van der Waals surface area contributed by atoms with E-state index >= 15 is 4.39 Å². The van der Waals surface area contributed by atoms with Gasteiger partial charge in [-0.15, -0.1) is 0 Å². The van der Waals surface area contributed by atoms with Gasteiger partial charge in [0, 0.05) is 69.2 Å². The van der Waals surface area contributed by atoms with Crippen LogP contribution in [0.2, 0.25) is 0 Å². The Morgan fingerprint density at radius 1 is 1.11 bits per heavy atom. The van der Waals surface area contributed by atoms with E-state index in [0.717, 1.165) is 50.0 Å². The summed E-state index contributed by atoms with van der Waals surface area (Å²) in [7, 11) is 1.59. The summed E-state index contributed by atoms with van der Waals surface area (Å²) in [5.74, 6) is 0.538. The number of anilines is 3. The van der Waals surface area contributed by atoms with Gasteiger partial charge in [0.15, 0.2) is 17.0 Å². The van der Waals surface area contributed by atoms with Crippen molar-refractivity contribution >= 4 is 34.0 Å². The molecule has 0 radical (unpaired) electrons. The van der Waals surface area contributed by atoms with Gasteiger partial charge in [0.1, 0.15) is 18.1 Å². The smallest absolute Gasteiger partial charge is 0.227 e. The van der Waals surface area contributed by atoms with Gasteiger partial charge in [0.25, 0.3) is 0 Å². The number of halogens is 1. The normalized spacial score (nSPS) is 19.7. The second kappa shape index (κ2) is 12.8. The van der Waals surface area contributed by atoms with E-state index in [9.17, 15) is 9.59 Å². The fraction of sp³-hybridized carbons (Fsp3) is 0.429. The summed E-state index contributed by atoms with van der Waals surface area (Å²) in [4.78, 5) is 41.8. The lowest BCUT2D eigenvalue weighted by molar-refractivity contribution is -0.119. The molecule has 2 unspecified atom stereocenters. The average Bonchev–Trinajstić information content (AvgIpc) is 3.08. The van der Waals surface area contributed by atoms with E-state index in [4.69, 9.17) is 15.2 Å². The fourth-order valence-electron chi connectivity index (χ4n) is 7.17. The van der Waals surface area contributed by atoms with Crippen molar-refractivity contribution in [1.29, 1.82) is 0 Å². The Hall–Kier alpha value is -4.71. The first-order chi connectivity index (χ1) is 22.8. The van der Waals surface area contributed by atoms with E-state index in [1.165, 1.54) is 11.0 Å². The van der Waals surface area contributed by atoms with Gasteiger partial charge in [-0.05, 0) is 62.4 Å². The van der Waals surface area contributed by atoms with E-state index < -0.39 is 5.82 Å². The highest BCUT2D eigenvalue weighted by atomic mass is 19.1. The van der Waals surface area contributed by atoms with Gasteiger partial charge in [-0.2, -0.15) is 0 Å². The first-order valence-electron chi connectivity index (χ1n) is 16.3. The molecule has 6 heterocycles. The molecule has 4 aromatic rings. The highest BCUT2D eigenvalue weighted by Gasteiger charge is 2.33. The van der Waals surface area contributed by atoms with Crippen molar-refractivity contribution in [2.75, 3.05) is 48.9 Å². The fourth-order valence-corrected chi connectivity index (χ4v) is 7.17. The maximum atomic E-state index is 16.0. The van der Waals surface area contributed by atoms with Crippen molar-refractivity contribution in [3.8, 4) is 11.6 Å². The zero-order valence-corrected chi connectivity index (χ0v) is 26.8. The lowest BCUT2D eigenvalue weighted by Crippen LogP contribution is -2.48. The van der Waals surface area contributed by atoms with Gasteiger partial charge >= 0.3 is 0 Å². The summed E-state index contributed by atoms with van der Waals surface area (Å²) in [6.45, 7) is 5.30. The van der Waals surface area contributed by atoms with Crippen LogP contribution in [0.3, 0.4) is 0 Å². The summed E-state index contributed by atoms with van der Waals surface area (Å²) in [5.41, 5.74) is 8.89. The van der Waals surface area contributed by atoms with Crippen LogP contribution in [0.4, 0.5) is 21.6 Å². The molecule has 3 aliphatic heterocycles. The Balaban J connectivity index is 1.29. The van der Waals surface area contributed by atoms with Crippen molar-refractivity contribution in [2.45, 2.75) is 64.2 Å². The van der Waals surface area contributed by atoms with Gasteiger partial charge in [0.05, 0.1) is 35.9 Å². The Labute approximate surface area is 272 Å². The molecule has 3 aromatic heterocycles. The standard InChI is InChI=1S/C35H40FN7O4/c1-22-21-47-35-32-27(15-28(36)33(35)42-13-4-3-7-31(42)44)34(45)24(19-43(22)32)18-41(17-23-10-11-38-30(14-23)46-2)26-6-5-12-40(20-26)25-8-9-29(37)39-16-25/h8-11,14-16,19,22,26H,3-7,12-13,17-18,20-21H2,1-2H3,(H2,37,39). The second-order valence-corrected chi connectivity index (χ2v) is 12.8. The number of benzene rings is 1. The molecule has 1 amide bonds. The molecular weight excluding hydrogens is 601 g/mol. The molecule has 0 bridgehead atoms. The van der Waals surface area contributed by atoms with Crippen molar-refractivity contribution < 1.29 is 18.7 Å². The number of nitrogen functional groups attached to an aromatic ring is 1. The minimum Gasteiger partial charge on any atom is -0.487 e. The van der Waals surface area contributed by atoms with Crippen LogP contribution in [0.5, 0.6) is 11.6 Å². The van der Waals surface area contributed by atoms with E-state index in [2.05, 4.69) is 19.8 Å². The molecule has 47 heavy (non-hydrogen) atoms. The predicted molar refractivity (Wildman–Crippen MR) is 178 cm³/mol. The number of ether oxygens (including phenoxy) is 2. The number of nitrogens with two attached hydrogens (primary N) is 1. The molecule has 3 aliphatic rings. The number of methoxy groups -OCH3 is 1. The third-order valence-corrected chi connectivity index (χ3v) is 9.63. The van der Waals surface area contributed by atoms with Crippen LogP contribution < -0.4 is 30.4 Å². The number of carbonyl (C=O) groups is 1. The summed E-state index contributed by atoms with van der Waals surface area (Å²) in [6.07, 6.45) is 9.29. The van der Waals surface area contributed by atoms with E-state index in [0.29, 0.717) is 55.4 Å². The summed E-state index contributed by atoms with van der Waals surface area (Å²) >= 11 is 0. The third kappa shape index (κ3) is 5.97. The van der Waals surface area contributed by atoms with Crippen LogP contribution in [0, 0.1) is 5.82 Å². The summed E-state index contributed by atoms with van der Waals surface area (Å²) in [5, 5.41) is 0.263. The molecule has 0 saturated carbocycles. The van der Waals surface area contributed by atoms with E-state index in [1.54, 1.807) is 19.5 Å². The number of hydrogen-bond donors (Lipinski definition) is 1. The van der Waals surface area contributed by atoms with Crippen molar-refractivity contribution in [2.24, 2.45) is 0 Å². The predicted octanol–water partition coefficient (Wildman–Crippen LogP) is 4.66. The minimum absolute atomic E-state index is 0.0965. The maximum absolute atomic E-state index is 16.0. The van der Waals surface area contributed by atoms with Crippen LogP contribution in [-0.2, 0) is 17.9 Å². The zero-order chi connectivity index (χ0) is 32.7. The molecule has 11 nitrogen and oxygen atoms in total. The molecule has 1 aromatic carbocycles. The van der Waals surface area contributed by atoms with Crippen molar-refractivity contribution in [1.82, 2.24) is 19.4 Å². The highest BCUT2D eigenvalue weighted by Crippen LogP contribution is 2.43. The largest absolute Gasteiger partial charge is 0.487 e. The van der Waals surface area contributed by atoms with Crippen LogP contribution in [0.25, 0.3) is 10.9 Å². The molecule has 246 valence electrons. The van der Waals surface area contributed by atoms with Crippen LogP contribution in [0.1, 0.15) is 56.2 Å².